The highest BCUT2D eigenvalue weighted by molar-refractivity contribution is 5.90. The average molecular weight is 524 g/mol. The molecule has 2 N–H and O–H groups in total. The van der Waals surface area contributed by atoms with Gasteiger partial charge in [0.25, 0.3) is 0 Å². The number of carbonyl (C=O) groups is 4. The van der Waals surface area contributed by atoms with Crippen LogP contribution >= 0.6 is 0 Å². The van der Waals surface area contributed by atoms with Crippen LogP contribution < -0.4 is 10.6 Å². The zero-order valence-corrected chi connectivity index (χ0v) is 21.6. The minimum Gasteiger partial charge on any atom is -0.467 e. The number of ether oxygens (including phenoxy) is 3. The smallest absolute Gasteiger partial charge is 0.408 e. The van der Waals surface area contributed by atoms with Gasteiger partial charge < -0.3 is 29.7 Å². The van der Waals surface area contributed by atoms with E-state index >= 15 is 0 Å². The molecule has 0 saturated carbocycles. The van der Waals surface area contributed by atoms with Gasteiger partial charge in [-0.15, -0.1) is 6.58 Å². The average Bonchev–Trinajstić information content (AvgIpc) is 3.29. The highest BCUT2D eigenvalue weighted by Crippen LogP contribution is 2.33. The van der Waals surface area contributed by atoms with Gasteiger partial charge in [0.1, 0.15) is 19.3 Å². The summed E-state index contributed by atoms with van der Waals surface area (Å²) in [5.41, 5.74) is 0.0288. The van der Waals surface area contributed by atoms with Crippen LogP contribution in [0.15, 0.2) is 73.3 Å². The standard InChI is InChI=1S/C28H33N3O7/c1-4-11-23-16-31(24(32)20(2)29-26(34)37-17-21-12-7-5-8-13-21)19-28(23,25(33)36-3)30-27(35)38-18-22-14-9-6-10-15-22/h4-10,12-15,20,23H,1,11,16-19H2,2-3H3,(H,29,34)(H,30,35)/t20-,23-,28-/m0/s1. The molecule has 202 valence electrons. The van der Waals surface area contributed by atoms with Gasteiger partial charge in [0.2, 0.25) is 5.91 Å². The summed E-state index contributed by atoms with van der Waals surface area (Å²) in [6.07, 6.45) is 0.353. The second kappa shape index (κ2) is 13.3. The predicted octanol–water partition coefficient (Wildman–Crippen LogP) is 3.17. The number of esters is 1. The van der Waals surface area contributed by atoms with Crippen molar-refractivity contribution in [1.82, 2.24) is 15.5 Å². The summed E-state index contributed by atoms with van der Waals surface area (Å²) in [5, 5.41) is 5.18. The van der Waals surface area contributed by atoms with Crippen molar-refractivity contribution in [3.05, 3.63) is 84.4 Å². The molecule has 2 aromatic carbocycles. The third-order valence-corrected chi connectivity index (χ3v) is 6.35. The minimum atomic E-state index is -1.56. The first kappa shape index (κ1) is 28.2. The minimum absolute atomic E-state index is 0.00471. The van der Waals surface area contributed by atoms with E-state index in [1.807, 2.05) is 48.5 Å². The van der Waals surface area contributed by atoms with Crippen molar-refractivity contribution in [3.63, 3.8) is 0 Å². The molecule has 1 aliphatic rings. The van der Waals surface area contributed by atoms with Crippen molar-refractivity contribution in [1.29, 1.82) is 0 Å². The molecule has 0 aromatic heterocycles. The number of amides is 3. The molecule has 3 atom stereocenters. The van der Waals surface area contributed by atoms with E-state index in [4.69, 9.17) is 14.2 Å². The first-order chi connectivity index (χ1) is 18.3. The van der Waals surface area contributed by atoms with E-state index in [0.29, 0.717) is 6.42 Å². The molecule has 3 rings (SSSR count). The third-order valence-electron chi connectivity index (χ3n) is 6.35. The zero-order valence-electron chi connectivity index (χ0n) is 21.6. The van der Waals surface area contributed by atoms with Gasteiger partial charge in [-0.05, 0) is 24.5 Å². The molecule has 10 nitrogen and oxygen atoms in total. The number of carbonyl (C=O) groups excluding carboxylic acids is 4. The van der Waals surface area contributed by atoms with E-state index in [1.54, 1.807) is 18.2 Å². The van der Waals surface area contributed by atoms with E-state index in [2.05, 4.69) is 17.2 Å². The first-order valence-electron chi connectivity index (χ1n) is 12.2. The Hall–Kier alpha value is -4.34. The van der Waals surface area contributed by atoms with Crippen LogP contribution in [0.2, 0.25) is 0 Å². The predicted molar refractivity (Wildman–Crippen MR) is 139 cm³/mol. The van der Waals surface area contributed by atoms with Crippen LogP contribution in [0.3, 0.4) is 0 Å². The summed E-state index contributed by atoms with van der Waals surface area (Å²) in [6, 6.07) is 17.3. The Morgan fingerprint density at radius 1 is 1.00 bits per heavy atom. The van der Waals surface area contributed by atoms with Crippen LogP contribution in [0.5, 0.6) is 0 Å². The number of hydrogen-bond acceptors (Lipinski definition) is 7. The maximum Gasteiger partial charge on any atom is 0.408 e. The number of alkyl carbamates (subject to hydrolysis) is 2. The van der Waals surface area contributed by atoms with Crippen molar-refractivity contribution >= 4 is 24.1 Å². The van der Waals surface area contributed by atoms with Crippen molar-refractivity contribution in [2.75, 3.05) is 20.2 Å². The maximum absolute atomic E-state index is 13.2. The Labute approximate surface area is 221 Å². The number of hydrogen-bond donors (Lipinski definition) is 2. The monoisotopic (exact) mass is 523 g/mol. The SMILES string of the molecule is C=CC[C@H]1CN(C(=O)[C@H](C)NC(=O)OCc2ccccc2)C[C@@]1(NC(=O)OCc1ccccc1)C(=O)OC. The molecule has 0 bridgehead atoms. The van der Waals surface area contributed by atoms with Crippen molar-refractivity contribution < 1.29 is 33.4 Å². The Morgan fingerprint density at radius 2 is 1.55 bits per heavy atom. The lowest BCUT2D eigenvalue weighted by molar-refractivity contribution is -0.149. The van der Waals surface area contributed by atoms with E-state index in [0.717, 1.165) is 11.1 Å². The molecule has 10 heteroatoms. The van der Waals surface area contributed by atoms with E-state index < -0.39 is 41.6 Å². The lowest BCUT2D eigenvalue weighted by Gasteiger charge is -2.31. The number of methoxy groups -OCH3 is 1. The fourth-order valence-electron chi connectivity index (χ4n) is 4.39. The maximum atomic E-state index is 13.2. The zero-order chi connectivity index (χ0) is 27.5. The van der Waals surface area contributed by atoms with Gasteiger partial charge in [-0.3, -0.25) is 4.79 Å². The molecule has 2 aromatic rings. The third kappa shape index (κ3) is 7.12. The molecule has 3 amide bonds. The Bertz CT molecular complexity index is 1130. The highest BCUT2D eigenvalue weighted by atomic mass is 16.6. The molecule has 1 heterocycles. The van der Waals surface area contributed by atoms with Gasteiger partial charge in [0.05, 0.1) is 13.7 Å². The van der Waals surface area contributed by atoms with Crippen molar-refractivity contribution in [2.24, 2.45) is 5.92 Å². The molecule has 1 aliphatic heterocycles. The summed E-state index contributed by atoms with van der Waals surface area (Å²) in [6.45, 7) is 5.29. The van der Waals surface area contributed by atoms with Gasteiger partial charge in [0, 0.05) is 12.5 Å². The summed E-state index contributed by atoms with van der Waals surface area (Å²) < 4.78 is 15.6. The molecule has 1 fully saturated rings. The second-order valence-electron chi connectivity index (χ2n) is 9.02. The van der Waals surface area contributed by atoms with E-state index in [9.17, 15) is 19.2 Å². The lowest BCUT2D eigenvalue weighted by Crippen LogP contribution is -2.61. The fourth-order valence-corrected chi connectivity index (χ4v) is 4.39. The molecule has 38 heavy (non-hydrogen) atoms. The van der Waals surface area contributed by atoms with Gasteiger partial charge in [0.15, 0.2) is 5.54 Å². The molecular formula is C28H33N3O7. The number of benzene rings is 2. The fraction of sp³-hybridized carbons (Fsp3) is 0.357. The van der Waals surface area contributed by atoms with Crippen LogP contribution in [0.1, 0.15) is 24.5 Å². The van der Waals surface area contributed by atoms with Gasteiger partial charge in [-0.2, -0.15) is 0 Å². The van der Waals surface area contributed by atoms with Crippen LogP contribution in [0.25, 0.3) is 0 Å². The molecule has 0 unspecified atom stereocenters. The van der Waals surface area contributed by atoms with Crippen LogP contribution in [0.4, 0.5) is 9.59 Å². The van der Waals surface area contributed by atoms with Crippen LogP contribution in [-0.2, 0) is 37.0 Å². The number of rotatable bonds is 10. The summed E-state index contributed by atoms with van der Waals surface area (Å²) in [4.78, 5) is 52.7. The second-order valence-corrected chi connectivity index (χ2v) is 9.02. The van der Waals surface area contributed by atoms with E-state index in [1.165, 1.54) is 18.9 Å². The van der Waals surface area contributed by atoms with Gasteiger partial charge in [-0.1, -0.05) is 66.7 Å². The summed E-state index contributed by atoms with van der Waals surface area (Å²) in [5.74, 6) is -1.68. The molecule has 0 aliphatic carbocycles. The number of likely N-dealkylation sites (tertiary alicyclic amines) is 1. The number of nitrogens with zero attached hydrogens (tertiary/aromatic N) is 1. The quantitative estimate of drug-likeness (QED) is 0.279. The Morgan fingerprint density at radius 3 is 2.08 bits per heavy atom. The van der Waals surface area contributed by atoms with Gasteiger partial charge >= 0.3 is 18.2 Å². The first-order valence-corrected chi connectivity index (χ1v) is 12.2. The molecule has 0 spiro atoms. The van der Waals surface area contributed by atoms with Crippen LogP contribution in [-0.4, -0.2) is 60.7 Å². The molecule has 1 saturated heterocycles. The lowest BCUT2D eigenvalue weighted by atomic mass is 9.84. The summed E-state index contributed by atoms with van der Waals surface area (Å²) in [7, 11) is 1.21. The largest absolute Gasteiger partial charge is 0.467 e. The molecule has 0 radical (unpaired) electrons. The highest BCUT2D eigenvalue weighted by Gasteiger charge is 2.55. The normalized spacial score (nSPS) is 19.1. The summed E-state index contributed by atoms with van der Waals surface area (Å²) >= 11 is 0. The van der Waals surface area contributed by atoms with E-state index in [-0.39, 0.29) is 26.3 Å². The Balaban J connectivity index is 1.66. The Kier molecular flexibility index (Phi) is 9.86. The number of nitrogens with one attached hydrogen (secondary N) is 2. The van der Waals surface area contributed by atoms with Crippen LogP contribution in [0, 0.1) is 5.92 Å². The topological polar surface area (TPSA) is 123 Å². The van der Waals surface area contributed by atoms with Crippen molar-refractivity contribution in [2.45, 2.75) is 38.1 Å². The molecular weight excluding hydrogens is 490 g/mol. The number of allylic oxidation sites excluding steroid dienone is 1. The van der Waals surface area contributed by atoms with Gasteiger partial charge in [-0.25, -0.2) is 14.4 Å². The van der Waals surface area contributed by atoms with Crippen molar-refractivity contribution in [3.8, 4) is 0 Å².